The first-order chi connectivity index (χ1) is 20.7. The van der Waals surface area contributed by atoms with Gasteiger partial charge in [-0.2, -0.15) is 4.31 Å². The van der Waals surface area contributed by atoms with Crippen LogP contribution in [-0.2, 0) is 21.4 Å². The summed E-state index contributed by atoms with van der Waals surface area (Å²) in [6.45, 7) is 0.826. The molecule has 1 fully saturated rings. The van der Waals surface area contributed by atoms with Gasteiger partial charge >= 0.3 is 5.97 Å². The van der Waals surface area contributed by atoms with Crippen molar-refractivity contribution in [2.45, 2.75) is 62.4 Å². The van der Waals surface area contributed by atoms with Gasteiger partial charge in [0.05, 0.1) is 6.54 Å². The molecule has 2 N–H and O–H groups in total. The lowest BCUT2D eigenvalue weighted by Crippen LogP contribution is -2.48. The Hall–Kier alpha value is -4.04. The standard InChI is InChI=1S/C30H29F5N2O6S/c1-16(36(2)44(42,43)28-26(34)24(32)23(31)25(33)27(28)35)29(39)37(20-12-13-21(30(40)41)22(38)14-20)15-17-8-10-19(11-9-17)18-6-4-3-5-7-18/h8-14,16,18,38H,3-7,15H2,1-2H3,(H,40,41)/t16-/m1/s1. The van der Waals surface area contributed by atoms with Crippen LogP contribution >= 0.6 is 0 Å². The van der Waals surface area contributed by atoms with Gasteiger partial charge in [-0.25, -0.2) is 35.2 Å². The fourth-order valence-electron chi connectivity index (χ4n) is 5.22. The first-order valence-corrected chi connectivity index (χ1v) is 15.1. The normalized spacial score (nSPS) is 14.9. The van der Waals surface area contributed by atoms with Gasteiger partial charge in [0.2, 0.25) is 21.7 Å². The van der Waals surface area contributed by atoms with Gasteiger partial charge in [0.25, 0.3) is 0 Å². The Morgan fingerprint density at radius 3 is 1.95 bits per heavy atom. The van der Waals surface area contributed by atoms with E-state index in [0.29, 0.717) is 11.5 Å². The molecule has 1 aliphatic carbocycles. The molecule has 0 spiro atoms. The van der Waals surface area contributed by atoms with E-state index in [2.05, 4.69) is 0 Å². The smallest absolute Gasteiger partial charge is 0.339 e. The molecule has 0 radical (unpaired) electrons. The second-order valence-corrected chi connectivity index (χ2v) is 12.5. The lowest BCUT2D eigenvalue weighted by atomic mass is 9.84. The third-order valence-electron chi connectivity index (χ3n) is 7.90. The maximum Gasteiger partial charge on any atom is 0.339 e. The Morgan fingerprint density at radius 2 is 1.43 bits per heavy atom. The predicted octanol–water partition coefficient (Wildman–Crippen LogP) is 6.08. The Bertz CT molecular complexity index is 1670. The van der Waals surface area contributed by atoms with Crippen molar-refractivity contribution in [1.29, 1.82) is 0 Å². The number of hydrogen-bond acceptors (Lipinski definition) is 5. The second-order valence-electron chi connectivity index (χ2n) is 10.6. The van der Waals surface area contributed by atoms with Crippen LogP contribution in [0.4, 0.5) is 27.6 Å². The number of likely N-dealkylation sites (N-methyl/N-ethyl adjacent to an activating group) is 1. The van der Waals surface area contributed by atoms with Crippen molar-refractivity contribution >= 4 is 27.6 Å². The number of nitrogens with zero attached hydrogens (tertiary/aromatic N) is 2. The maximum atomic E-state index is 14.5. The molecule has 0 saturated heterocycles. The molecule has 0 bridgehead atoms. The Labute approximate surface area is 250 Å². The number of benzene rings is 3. The van der Waals surface area contributed by atoms with Crippen LogP contribution in [0.25, 0.3) is 0 Å². The van der Waals surface area contributed by atoms with Crippen molar-refractivity contribution in [3.05, 3.63) is 88.2 Å². The lowest BCUT2D eigenvalue weighted by Gasteiger charge is -2.31. The summed E-state index contributed by atoms with van der Waals surface area (Å²) in [6, 6.07) is 8.75. The number of carbonyl (C=O) groups excluding carboxylic acids is 1. The fourth-order valence-corrected chi connectivity index (χ4v) is 6.65. The van der Waals surface area contributed by atoms with Crippen LogP contribution in [0.3, 0.4) is 0 Å². The van der Waals surface area contributed by atoms with Crippen molar-refractivity contribution < 1.29 is 50.2 Å². The molecule has 0 unspecified atom stereocenters. The number of phenols is 1. The second kappa shape index (κ2) is 12.9. The minimum absolute atomic E-state index is 0.0530. The van der Waals surface area contributed by atoms with E-state index >= 15 is 0 Å². The highest BCUT2D eigenvalue weighted by molar-refractivity contribution is 7.89. The van der Waals surface area contributed by atoms with E-state index in [0.717, 1.165) is 62.3 Å². The van der Waals surface area contributed by atoms with E-state index < -0.39 is 73.2 Å². The monoisotopic (exact) mass is 640 g/mol. The lowest BCUT2D eigenvalue weighted by molar-refractivity contribution is -0.121. The predicted molar refractivity (Wildman–Crippen MR) is 149 cm³/mol. The van der Waals surface area contributed by atoms with Crippen molar-refractivity contribution in [3.8, 4) is 5.75 Å². The van der Waals surface area contributed by atoms with Gasteiger partial charge in [-0.3, -0.25) is 4.79 Å². The summed E-state index contributed by atoms with van der Waals surface area (Å²) in [7, 11) is -4.74. The van der Waals surface area contributed by atoms with E-state index in [-0.39, 0.29) is 16.5 Å². The summed E-state index contributed by atoms with van der Waals surface area (Å²) < 4.78 is 96.6. The molecule has 3 aromatic carbocycles. The average Bonchev–Trinajstić information content (AvgIpc) is 3.01. The number of amides is 1. The summed E-state index contributed by atoms with van der Waals surface area (Å²) in [5.74, 6) is -15.4. The van der Waals surface area contributed by atoms with E-state index in [4.69, 9.17) is 0 Å². The summed E-state index contributed by atoms with van der Waals surface area (Å²) in [5.41, 5.74) is 1.15. The molecular formula is C30H29F5N2O6S. The van der Waals surface area contributed by atoms with Crippen LogP contribution in [0.15, 0.2) is 47.4 Å². The average molecular weight is 641 g/mol. The highest BCUT2D eigenvalue weighted by atomic mass is 32.2. The molecule has 4 rings (SSSR count). The third-order valence-corrected chi connectivity index (χ3v) is 9.84. The number of carbonyl (C=O) groups is 2. The van der Waals surface area contributed by atoms with E-state index in [1.165, 1.54) is 12.5 Å². The van der Waals surface area contributed by atoms with Gasteiger partial charge in [0.1, 0.15) is 17.4 Å². The number of aromatic hydroxyl groups is 1. The van der Waals surface area contributed by atoms with Gasteiger partial charge in [0, 0.05) is 18.8 Å². The van der Waals surface area contributed by atoms with Crippen molar-refractivity contribution in [1.82, 2.24) is 4.31 Å². The molecular weight excluding hydrogens is 611 g/mol. The van der Waals surface area contributed by atoms with Gasteiger partial charge in [-0.1, -0.05) is 43.5 Å². The SMILES string of the molecule is C[C@H](C(=O)N(Cc1ccc(C2CCCCC2)cc1)c1ccc(C(=O)O)c(O)c1)N(C)S(=O)(=O)c1c(F)c(F)c(F)c(F)c1F. The molecule has 8 nitrogen and oxygen atoms in total. The van der Waals surface area contributed by atoms with Crippen LogP contribution in [0.1, 0.15) is 66.4 Å². The van der Waals surface area contributed by atoms with Crippen LogP contribution < -0.4 is 4.90 Å². The van der Waals surface area contributed by atoms with E-state index in [9.17, 15) is 50.2 Å². The summed E-state index contributed by atoms with van der Waals surface area (Å²) in [6.07, 6.45) is 5.49. The van der Waals surface area contributed by atoms with Crippen LogP contribution in [-0.4, -0.2) is 47.9 Å². The first kappa shape index (κ1) is 32.9. The topological polar surface area (TPSA) is 115 Å². The van der Waals surface area contributed by atoms with E-state index in [1.807, 2.05) is 12.1 Å². The van der Waals surface area contributed by atoms with Crippen LogP contribution in [0, 0.1) is 29.1 Å². The number of anilines is 1. The Kier molecular flexibility index (Phi) is 9.64. The maximum absolute atomic E-state index is 14.5. The third kappa shape index (κ3) is 6.27. The van der Waals surface area contributed by atoms with E-state index in [1.54, 1.807) is 12.1 Å². The molecule has 44 heavy (non-hydrogen) atoms. The van der Waals surface area contributed by atoms with Gasteiger partial charge < -0.3 is 15.1 Å². The summed E-state index contributed by atoms with van der Waals surface area (Å²) in [4.78, 5) is 24.1. The molecule has 0 aromatic heterocycles. The zero-order valence-corrected chi connectivity index (χ0v) is 24.5. The van der Waals surface area contributed by atoms with Gasteiger partial charge in [0.15, 0.2) is 28.2 Å². The molecule has 1 saturated carbocycles. The fraction of sp³-hybridized carbons (Fsp3) is 0.333. The molecule has 1 aliphatic rings. The molecule has 3 aromatic rings. The largest absolute Gasteiger partial charge is 0.507 e. The Balaban J connectivity index is 1.71. The quantitative estimate of drug-likeness (QED) is 0.167. The highest BCUT2D eigenvalue weighted by Gasteiger charge is 2.40. The number of rotatable bonds is 9. The molecule has 236 valence electrons. The number of carboxylic acids is 1. The highest BCUT2D eigenvalue weighted by Crippen LogP contribution is 2.34. The van der Waals surface area contributed by atoms with Crippen LogP contribution in [0.5, 0.6) is 5.75 Å². The molecule has 0 heterocycles. The first-order valence-electron chi connectivity index (χ1n) is 13.6. The minimum Gasteiger partial charge on any atom is -0.507 e. The molecule has 1 amide bonds. The molecule has 1 atom stereocenters. The van der Waals surface area contributed by atoms with Gasteiger partial charge in [-0.05, 0) is 48.9 Å². The number of carboxylic acid groups (broad SMARTS) is 1. The zero-order chi connectivity index (χ0) is 32.5. The number of halogens is 5. The van der Waals surface area contributed by atoms with Crippen LogP contribution in [0.2, 0.25) is 0 Å². The minimum atomic E-state index is -5.48. The number of sulfonamides is 1. The number of aromatic carboxylic acids is 1. The molecule has 14 heteroatoms. The van der Waals surface area contributed by atoms with Crippen molar-refractivity contribution in [2.24, 2.45) is 0 Å². The molecule has 0 aliphatic heterocycles. The Morgan fingerprint density at radius 1 is 0.886 bits per heavy atom. The van der Waals surface area contributed by atoms with Crippen molar-refractivity contribution in [3.63, 3.8) is 0 Å². The number of hydrogen-bond donors (Lipinski definition) is 2. The summed E-state index contributed by atoms with van der Waals surface area (Å²) in [5, 5.41) is 19.6. The summed E-state index contributed by atoms with van der Waals surface area (Å²) >= 11 is 0. The van der Waals surface area contributed by atoms with Crippen molar-refractivity contribution in [2.75, 3.05) is 11.9 Å². The van der Waals surface area contributed by atoms with Gasteiger partial charge in [-0.15, -0.1) is 0 Å². The zero-order valence-electron chi connectivity index (χ0n) is 23.7.